The van der Waals surface area contributed by atoms with E-state index in [4.69, 9.17) is 14.2 Å². The fraction of sp³-hybridized carbons (Fsp3) is 0.179. The summed E-state index contributed by atoms with van der Waals surface area (Å²) in [6.45, 7) is 0.306. The molecule has 4 aromatic rings. The average Bonchev–Trinajstić information content (AvgIpc) is 2.88. The first-order valence-corrected chi connectivity index (χ1v) is 10.9. The third-order valence-corrected chi connectivity index (χ3v) is 5.68. The van der Waals surface area contributed by atoms with E-state index in [1.54, 1.807) is 49.2 Å². The van der Waals surface area contributed by atoms with Crippen molar-refractivity contribution in [2.75, 3.05) is 14.2 Å². The summed E-state index contributed by atoms with van der Waals surface area (Å²) in [5.41, 5.74) is 2.39. The maximum Gasteiger partial charge on any atom is 0.251 e. The van der Waals surface area contributed by atoms with Crippen LogP contribution in [0, 0.1) is 5.82 Å². The Morgan fingerprint density at radius 2 is 1.35 bits per heavy atom. The van der Waals surface area contributed by atoms with Crippen molar-refractivity contribution in [1.82, 2.24) is 4.57 Å². The Kier molecular flexibility index (Phi) is 7.40. The summed E-state index contributed by atoms with van der Waals surface area (Å²) in [6, 6.07) is 25.8. The summed E-state index contributed by atoms with van der Waals surface area (Å²) in [7, 11) is 3.23. The van der Waals surface area contributed by atoms with Gasteiger partial charge in [0.15, 0.2) is 0 Å². The fourth-order valence-corrected chi connectivity index (χ4v) is 3.88. The Labute approximate surface area is 198 Å². The van der Waals surface area contributed by atoms with Crippen molar-refractivity contribution < 1.29 is 18.6 Å². The van der Waals surface area contributed by atoms with Crippen LogP contribution in [0.25, 0.3) is 0 Å². The Morgan fingerprint density at radius 3 is 1.94 bits per heavy atom. The monoisotopic (exact) mass is 459 g/mol. The van der Waals surface area contributed by atoms with E-state index in [-0.39, 0.29) is 11.4 Å². The van der Waals surface area contributed by atoms with Crippen LogP contribution < -0.4 is 15.0 Å². The minimum absolute atomic E-state index is 0.177. The van der Waals surface area contributed by atoms with Crippen molar-refractivity contribution in [3.05, 3.63) is 130 Å². The van der Waals surface area contributed by atoms with E-state index in [2.05, 4.69) is 0 Å². The van der Waals surface area contributed by atoms with E-state index < -0.39 is 12.1 Å². The van der Waals surface area contributed by atoms with Crippen LogP contribution in [0.1, 0.15) is 28.8 Å². The molecule has 1 aromatic heterocycles. The molecule has 3 aromatic carbocycles. The second kappa shape index (κ2) is 10.8. The summed E-state index contributed by atoms with van der Waals surface area (Å²) in [5, 5.41) is 0. The summed E-state index contributed by atoms with van der Waals surface area (Å²) in [6.07, 6.45) is 1.18. The van der Waals surface area contributed by atoms with Crippen LogP contribution >= 0.6 is 0 Å². The molecule has 0 saturated heterocycles. The predicted molar refractivity (Wildman–Crippen MR) is 129 cm³/mol. The zero-order chi connectivity index (χ0) is 23.9. The molecule has 0 amide bonds. The van der Waals surface area contributed by atoms with Gasteiger partial charge in [0.05, 0.1) is 26.9 Å². The molecule has 0 aliphatic rings. The molecular weight excluding hydrogens is 433 g/mol. The smallest absolute Gasteiger partial charge is 0.251 e. The van der Waals surface area contributed by atoms with Crippen LogP contribution in [-0.2, 0) is 11.3 Å². The Morgan fingerprint density at radius 1 is 0.765 bits per heavy atom. The largest absolute Gasteiger partial charge is 0.497 e. The van der Waals surface area contributed by atoms with Crippen molar-refractivity contribution in [2.45, 2.75) is 18.8 Å². The first-order valence-electron chi connectivity index (χ1n) is 10.9. The van der Waals surface area contributed by atoms with Gasteiger partial charge < -0.3 is 18.8 Å². The fourth-order valence-electron chi connectivity index (χ4n) is 3.88. The lowest BCUT2D eigenvalue weighted by atomic mass is 9.94. The van der Waals surface area contributed by atoms with E-state index in [1.165, 1.54) is 18.2 Å². The number of ether oxygens (including phenoxy) is 3. The van der Waals surface area contributed by atoms with Gasteiger partial charge in [-0.25, -0.2) is 4.39 Å². The Bertz CT molecular complexity index is 1250. The highest BCUT2D eigenvalue weighted by molar-refractivity contribution is 5.33. The van der Waals surface area contributed by atoms with Crippen LogP contribution in [-0.4, -0.2) is 18.8 Å². The van der Waals surface area contributed by atoms with E-state index in [0.29, 0.717) is 12.4 Å². The van der Waals surface area contributed by atoms with Gasteiger partial charge in [0.25, 0.3) is 5.56 Å². The second-order valence-corrected chi connectivity index (χ2v) is 7.80. The SMILES string of the molecule is COc1ccc(CO[C@@H](c2ccc(OC)cc2)[C@H](c2ccc(F)cc2)n2ccccc2=O)cc1. The Balaban J connectivity index is 1.78. The van der Waals surface area contributed by atoms with E-state index in [1.807, 2.05) is 48.5 Å². The molecular formula is C28H26FNO4. The van der Waals surface area contributed by atoms with E-state index in [9.17, 15) is 9.18 Å². The molecule has 4 rings (SSSR count). The first kappa shape index (κ1) is 23.3. The van der Waals surface area contributed by atoms with E-state index in [0.717, 1.165) is 22.4 Å². The quantitative estimate of drug-likeness (QED) is 0.329. The van der Waals surface area contributed by atoms with Crippen molar-refractivity contribution in [3.8, 4) is 11.5 Å². The van der Waals surface area contributed by atoms with Gasteiger partial charge in [-0.2, -0.15) is 0 Å². The number of nitrogens with zero attached hydrogens (tertiary/aromatic N) is 1. The van der Waals surface area contributed by atoms with Gasteiger partial charge in [-0.05, 0) is 59.2 Å². The van der Waals surface area contributed by atoms with Crippen LogP contribution in [0.2, 0.25) is 0 Å². The second-order valence-electron chi connectivity index (χ2n) is 7.80. The number of hydrogen-bond donors (Lipinski definition) is 0. The molecule has 0 saturated carbocycles. The molecule has 34 heavy (non-hydrogen) atoms. The molecule has 0 aliphatic heterocycles. The molecule has 0 radical (unpaired) electrons. The van der Waals surface area contributed by atoms with Gasteiger partial charge in [0.1, 0.15) is 23.4 Å². The normalized spacial score (nSPS) is 12.7. The molecule has 0 bridgehead atoms. The van der Waals surface area contributed by atoms with Gasteiger partial charge in [-0.1, -0.05) is 42.5 Å². The lowest BCUT2D eigenvalue weighted by Crippen LogP contribution is -2.30. The third-order valence-electron chi connectivity index (χ3n) is 5.68. The average molecular weight is 460 g/mol. The maximum absolute atomic E-state index is 13.7. The number of hydrogen-bond acceptors (Lipinski definition) is 4. The summed E-state index contributed by atoms with van der Waals surface area (Å²) >= 11 is 0. The zero-order valence-corrected chi connectivity index (χ0v) is 19.1. The van der Waals surface area contributed by atoms with Crippen LogP contribution in [0.4, 0.5) is 4.39 Å². The molecule has 0 fully saturated rings. The summed E-state index contributed by atoms with van der Waals surface area (Å²) in [4.78, 5) is 12.9. The number of halogens is 1. The van der Waals surface area contributed by atoms with Gasteiger partial charge in [-0.15, -0.1) is 0 Å². The van der Waals surface area contributed by atoms with Crippen LogP contribution in [0.15, 0.2) is 102 Å². The first-order chi connectivity index (χ1) is 16.6. The van der Waals surface area contributed by atoms with Gasteiger partial charge in [0, 0.05) is 12.3 Å². The summed E-state index contributed by atoms with van der Waals surface area (Å²) < 4.78 is 32.4. The topological polar surface area (TPSA) is 49.7 Å². The number of rotatable bonds is 9. The highest BCUT2D eigenvalue weighted by Gasteiger charge is 2.28. The van der Waals surface area contributed by atoms with Gasteiger partial charge in [0.2, 0.25) is 0 Å². The minimum atomic E-state index is -0.543. The molecule has 174 valence electrons. The molecule has 0 unspecified atom stereocenters. The number of pyridine rings is 1. The van der Waals surface area contributed by atoms with Gasteiger partial charge >= 0.3 is 0 Å². The number of methoxy groups -OCH3 is 2. The highest BCUT2D eigenvalue weighted by atomic mass is 19.1. The lowest BCUT2D eigenvalue weighted by molar-refractivity contribution is 0.0126. The maximum atomic E-state index is 13.7. The molecule has 5 nitrogen and oxygen atoms in total. The molecule has 6 heteroatoms. The highest BCUT2D eigenvalue weighted by Crippen LogP contribution is 2.36. The molecule has 0 N–H and O–H groups in total. The molecule has 0 spiro atoms. The van der Waals surface area contributed by atoms with Crippen molar-refractivity contribution in [2.24, 2.45) is 0 Å². The van der Waals surface area contributed by atoms with Crippen LogP contribution in [0.5, 0.6) is 11.5 Å². The summed E-state index contributed by atoms with van der Waals surface area (Å²) in [5.74, 6) is 1.13. The van der Waals surface area contributed by atoms with Crippen LogP contribution in [0.3, 0.4) is 0 Å². The van der Waals surface area contributed by atoms with Crippen molar-refractivity contribution in [1.29, 1.82) is 0 Å². The van der Waals surface area contributed by atoms with Gasteiger partial charge in [-0.3, -0.25) is 4.79 Å². The molecule has 0 aliphatic carbocycles. The molecule has 2 atom stereocenters. The molecule has 1 heterocycles. The standard InChI is InChI=1S/C28H26FNO4/c1-32-24-14-6-20(7-15-24)19-34-28(22-10-16-25(33-2)17-11-22)27(21-8-12-23(29)13-9-21)30-18-4-3-5-26(30)31/h3-18,27-28H,19H2,1-2H3/t27-,28-/m0/s1. The predicted octanol–water partition coefficient (Wildman–Crippen LogP) is 5.55. The number of aromatic nitrogens is 1. The Hall–Kier alpha value is -3.90. The zero-order valence-electron chi connectivity index (χ0n) is 19.1. The van der Waals surface area contributed by atoms with Crippen molar-refractivity contribution in [3.63, 3.8) is 0 Å². The minimum Gasteiger partial charge on any atom is -0.497 e. The van der Waals surface area contributed by atoms with E-state index >= 15 is 0 Å². The number of benzene rings is 3. The third kappa shape index (κ3) is 5.35. The lowest BCUT2D eigenvalue weighted by Gasteiger charge is -2.30. The van der Waals surface area contributed by atoms with Crippen molar-refractivity contribution >= 4 is 0 Å².